The standard InChI is InChI=1S/C16H35N3O2/c1-5-18-9-6-7-16(14-17,8-10-18)19(11-12-20-3)15(2)13-21-4/h15H,5-14,17H2,1-4H3. The van der Waals surface area contributed by atoms with E-state index in [1.807, 2.05) is 0 Å². The summed E-state index contributed by atoms with van der Waals surface area (Å²) in [5.41, 5.74) is 6.34. The van der Waals surface area contributed by atoms with E-state index < -0.39 is 0 Å². The highest BCUT2D eigenvalue weighted by atomic mass is 16.5. The van der Waals surface area contributed by atoms with E-state index in [0.29, 0.717) is 12.6 Å². The molecule has 0 saturated carbocycles. The summed E-state index contributed by atoms with van der Waals surface area (Å²) in [6, 6.07) is 0.363. The van der Waals surface area contributed by atoms with Gasteiger partial charge in [0.15, 0.2) is 0 Å². The van der Waals surface area contributed by atoms with Crippen LogP contribution in [0.2, 0.25) is 0 Å². The van der Waals surface area contributed by atoms with Crippen LogP contribution in [0.15, 0.2) is 0 Å². The number of likely N-dealkylation sites (tertiary alicyclic amines) is 1. The van der Waals surface area contributed by atoms with E-state index in [4.69, 9.17) is 15.2 Å². The third-order valence-corrected chi connectivity index (χ3v) is 4.92. The molecule has 2 unspecified atom stereocenters. The first-order valence-corrected chi connectivity index (χ1v) is 8.30. The molecule has 1 rings (SSSR count). The fraction of sp³-hybridized carbons (Fsp3) is 1.00. The second kappa shape index (κ2) is 9.74. The van der Waals surface area contributed by atoms with Gasteiger partial charge in [0, 0.05) is 38.9 Å². The van der Waals surface area contributed by atoms with Crippen molar-refractivity contribution >= 4 is 0 Å². The largest absolute Gasteiger partial charge is 0.383 e. The molecule has 21 heavy (non-hydrogen) atoms. The van der Waals surface area contributed by atoms with Gasteiger partial charge in [-0.05, 0) is 45.8 Å². The van der Waals surface area contributed by atoms with Crippen LogP contribution in [0.25, 0.3) is 0 Å². The Labute approximate surface area is 130 Å². The van der Waals surface area contributed by atoms with E-state index in [-0.39, 0.29) is 5.54 Å². The van der Waals surface area contributed by atoms with Gasteiger partial charge in [-0.25, -0.2) is 0 Å². The highest BCUT2D eigenvalue weighted by molar-refractivity contribution is 4.96. The molecule has 0 spiro atoms. The van der Waals surface area contributed by atoms with E-state index in [1.165, 1.54) is 13.0 Å². The van der Waals surface area contributed by atoms with Crippen LogP contribution in [0, 0.1) is 0 Å². The van der Waals surface area contributed by atoms with Gasteiger partial charge in [-0.3, -0.25) is 4.90 Å². The average Bonchev–Trinajstić information content (AvgIpc) is 2.71. The zero-order chi connectivity index (χ0) is 15.7. The molecule has 1 aliphatic rings. The summed E-state index contributed by atoms with van der Waals surface area (Å²) < 4.78 is 10.7. The number of ether oxygens (including phenoxy) is 2. The lowest BCUT2D eigenvalue weighted by Gasteiger charge is -2.46. The average molecular weight is 301 g/mol. The van der Waals surface area contributed by atoms with E-state index in [0.717, 1.165) is 45.7 Å². The van der Waals surface area contributed by atoms with Crippen molar-refractivity contribution in [3.05, 3.63) is 0 Å². The third kappa shape index (κ3) is 5.18. The lowest BCUT2D eigenvalue weighted by Crippen LogP contribution is -2.59. The van der Waals surface area contributed by atoms with Crippen LogP contribution in [0.3, 0.4) is 0 Å². The fourth-order valence-corrected chi connectivity index (χ4v) is 3.61. The van der Waals surface area contributed by atoms with E-state index in [9.17, 15) is 0 Å². The summed E-state index contributed by atoms with van der Waals surface area (Å²) in [4.78, 5) is 5.08. The molecule has 5 heteroatoms. The van der Waals surface area contributed by atoms with Crippen LogP contribution in [-0.2, 0) is 9.47 Å². The van der Waals surface area contributed by atoms with E-state index in [2.05, 4.69) is 23.6 Å². The van der Waals surface area contributed by atoms with Crippen LogP contribution >= 0.6 is 0 Å². The fourth-order valence-electron chi connectivity index (χ4n) is 3.61. The van der Waals surface area contributed by atoms with Crippen LogP contribution in [0.1, 0.15) is 33.1 Å². The maximum Gasteiger partial charge on any atom is 0.0615 e. The van der Waals surface area contributed by atoms with Gasteiger partial charge in [0.25, 0.3) is 0 Å². The monoisotopic (exact) mass is 301 g/mol. The molecule has 2 atom stereocenters. The first-order chi connectivity index (χ1) is 10.1. The molecule has 1 aliphatic heterocycles. The maximum atomic E-state index is 6.26. The molecule has 0 amide bonds. The normalized spacial score (nSPS) is 26.0. The molecule has 1 saturated heterocycles. The Bertz CT molecular complexity index is 278. The molecule has 0 aromatic carbocycles. The summed E-state index contributed by atoms with van der Waals surface area (Å²) in [6.45, 7) is 11.0. The van der Waals surface area contributed by atoms with Crippen molar-refractivity contribution in [2.24, 2.45) is 5.73 Å². The second-order valence-electron chi connectivity index (χ2n) is 6.21. The number of nitrogens with zero attached hydrogens (tertiary/aromatic N) is 2. The zero-order valence-corrected chi connectivity index (χ0v) is 14.4. The molecule has 0 bridgehead atoms. The summed E-state index contributed by atoms with van der Waals surface area (Å²) >= 11 is 0. The predicted molar refractivity (Wildman–Crippen MR) is 87.7 cm³/mol. The van der Waals surface area contributed by atoms with Gasteiger partial charge < -0.3 is 20.1 Å². The Morgan fingerprint density at radius 3 is 2.57 bits per heavy atom. The van der Waals surface area contributed by atoms with Gasteiger partial charge >= 0.3 is 0 Å². The Morgan fingerprint density at radius 1 is 1.24 bits per heavy atom. The zero-order valence-electron chi connectivity index (χ0n) is 14.4. The van der Waals surface area contributed by atoms with E-state index >= 15 is 0 Å². The lowest BCUT2D eigenvalue weighted by atomic mass is 9.87. The summed E-state index contributed by atoms with van der Waals surface area (Å²) in [5, 5.41) is 0. The lowest BCUT2D eigenvalue weighted by molar-refractivity contribution is -0.00805. The molecule has 0 aliphatic carbocycles. The van der Waals surface area contributed by atoms with Crippen LogP contribution < -0.4 is 5.73 Å². The molecule has 0 aromatic rings. The van der Waals surface area contributed by atoms with Gasteiger partial charge in [0.2, 0.25) is 0 Å². The first kappa shape index (κ1) is 18.8. The molecule has 0 radical (unpaired) electrons. The smallest absolute Gasteiger partial charge is 0.0615 e. The number of rotatable bonds is 9. The van der Waals surface area contributed by atoms with Crippen molar-refractivity contribution in [3.8, 4) is 0 Å². The highest BCUT2D eigenvalue weighted by Gasteiger charge is 2.39. The van der Waals surface area contributed by atoms with Crippen molar-refractivity contribution < 1.29 is 9.47 Å². The number of hydrogen-bond acceptors (Lipinski definition) is 5. The van der Waals surface area contributed by atoms with Crippen LogP contribution in [0.5, 0.6) is 0 Å². The summed E-state index contributed by atoms with van der Waals surface area (Å²) in [6.07, 6.45) is 3.51. The topological polar surface area (TPSA) is 51.0 Å². The van der Waals surface area contributed by atoms with Crippen LogP contribution in [0.4, 0.5) is 0 Å². The third-order valence-electron chi connectivity index (χ3n) is 4.92. The van der Waals surface area contributed by atoms with Crippen LogP contribution in [-0.4, -0.2) is 81.5 Å². The Hall–Kier alpha value is -0.200. The molecule has 1 heterocycles. The van der Waals surface area contributed by atoms with Crippen molar-refractivity contribution in [2.75, 3.05) is 60.2 Å². The van der Waals surface area contributed by atoms with E-state index in [1.54, 1.807) is 14.2 Å². The van der Waals surface area contributed by atoms with Gasteiger partial charge in [0.1, 0.15) is 0 Å². The molecule has 0 aromatic heterocycles. The number of methoxy groups -OCH3 is 2. The minimum atomic E-state index is 0.0837. The SMILES string of the molecule is CCN1CCCC(CN)(N(CCOC)C(C)COC)CC1. The quantitative estimate of drug-likeness (QED) is 0.693. The number of hydrogen-bond donors (Lipinski definition) is 1. The Balaban J connectivity index is 2.86. The maximum absolute atomic E-state index is 6.26. The highest BCUT2D eigenvalue weighted by Crippen LogP contribution is 2.30. The molecular formula is C16H35N3O2. The van der Waals surface area contributed by atoms with Crippen molar-refractivity contribution in [1.82, 2.24) is 9.80 Å². The molecular weight excluding hydrogens is 266 g/mol. The van der Waals surface area contributed by atoms with Gasteiger partial charge in [0.05, 0.1) is 13.2 Å². The first-order valence-electron chi connectivity index (χ1n) is 8.30. The Morgan fingerprint density at radius 2 is 2.00 bits per heavy atom. The Kier molecular flexibility index (Phi) is 8.74. The minimum absolute atomic E-state index is 0.0837. The summed E-state index contributed by atoms with van der Waals surface area (Å²) in [7, 11) is 3.53. The van der Waals surface area contributed by atoms with Gasteiger partial charge in [-0.1, -0.05) is 6.92 Å². The predicted octanol–water partition coefficient (Wildman–Crippen LogP) is 1.17. The molecule has 2 N–H and O–H groups in total. The minimum Gasteiger partial charge on any atom is -0.383 e. The van der Waals surface area contributed by atoms with Gasteiger partial charge in [-0.2, -0.15) is 0 Å². The van der Waals surface area contributed by atoms with Crippen molar-refractivity contribution in [1.29, 1.82) is 0 Å². The molecule has 126 valence electrons. The van der Waals surface area contributed by atoms with Gasteiger partial charge in [-0.15, -0.1) is 0 Å². The summed E-state index contributed by atoms with van der Waals surface area (Å²) in [5.74, 6) is 0. The van der Waals surface area contributed by atoms with Crippen molar-refractivity contribution in [2.45, 2.75) is 44.7 Å². The molecule has 5 nitrogen and oxygen atoms in total. The second-order valence-corrected chi connectivity index (χ2v) is 6.21. The molecule has 1 fully saturated rings. The number of nitrogens with two attached hydrogens (primary N) is 1. The van der Waals surface area contributed by atoms with Crippen molar-refractivity contribution in [3.63, 3.8) is 0 Å².